The van der Waals surface area contributed by atoms with Gasteiger partial charge in [0.15, 0.2) is 5.79 Å². The number of aryl methyl sites for hydroxylation is 2. The highest BCUT2D eigenvalue weighted by molar-refractivity contribution is 5.53. The molecule has 1 heterocycles. The average Bonchev–Trinajstić information content (AvgIpc) is 2.26. The Labute approximate surface area is 103 Å². The molecule has 0 spiro atoms. The molecular formula is C14H21NO2. The average molecular weight is 235 g/mol. The zero-order valence-electron chi connectivity index (χ0n) is 11.0. The van der Waals surface area contributed by atoms with Crippen molar-refractivity contribution in [1.82, 2.24) is 0 Å². The normalized spacial score (nSPS) is 20.2. The fourth-order valence-electron chi connectivity index (χ4n) is 1.89. The SMILES string of the molecule is Cc1ccc(C)c(NC2COC(C)(C)OC2)c1. The van der Waals surface area contributed by atoms with Gasteiger partial charge in [-0.3, -0.25) is 0 Å². The third-order valence-corrected chi connectivity index (χ3v) is 3.02. The van der Waals surface area contributed by atoms with Crippen LogP contribution in [0.3, 0.4) is 0 Å². The molecule has 0 radical (unpaired) electrons. The van der Waals surface area contributed by atoms with Crippen LogP contribution in [0.15, 0.2) is 18.2 Å². The summed E-state index contributed by atoms with van der Waals surface area (Å²) < 4.78 is 11.3. The lowest BCUT2D eigenvalue weighted by Gasteiger charge is -2.35. The Hall–Kier alpha value is -1.06. The number of benzene rings is 1. The summed E-state index contributed by atoms with van der Waals surface area (Å²) in [6, 6.07) is 6.64. The van der Waals surface area contributed by atoms with Crippen LogP contribution in [0.25, 0.3) is 0 Å². The van der Waals surface area contributed by atoms with Crippen molar-refractivity contribution >= 4 is 5.69 Å². The van der Waals surface area contributed by atoms with Gasteiger partial charge in [-0.05, 0) is 44.9 Å². The van der Waals surface area contributed by atoms with Crippen molar-refractivity contribution in [2.75, 3.05) is 18.5 Å². The van der Waals surface area contributed by atoms with Crippen LogP contribution in [0.4, 0.5) is 5.69 Å². The van der Waals surface area contributed by atoms with Gasteiger partial charge in [0.05, 0.1) is 19.3 Å². The second kappa shape index (κ2) is 4.67. The summed E-state index contributed by atoms with van der Waals surface area (Å²) in [7, 11) is 0. The lowest BCUT2D eigenvalue weighted by molar-refractivity contribution is -0.247. The van der Waals surface area contributed by atoms with Crippen molar-refractivity contribution in [2.24, 2.45) is 0 Å². The molecular weight excluding hydrogens is 214 g/mol. The van der Waals surface area contributed by atoms with E-state index in [-0.39, 0.29) is 6.04 Å². The molecule has 94 valence electrons. The van der Waals surface area contributed by atoms with Crippen molar-refractivity contribution < 1.29 is 9.47 Å². The molecule has 1 aromatic carbocycles. The molecule has 1 aliphatic rings. The van der Waals surface area contributed by atoms with Crippen LogP contribution < -0.4 is 5.32 Å². The topological polar surface area (TPSA) is 30.5 Å². The minimum atomic E-state index is -0.445. The Balaban J connectivity index is 2.00. The van der Waals surface area contributed by atoms with Gasteiger partial charge < -0.3 is 14.8 Å². The summed E-state index contributed by atoms with van der Waals surface area (Å²) in [5.74, 6) is -0.445. The molecule has 1 N–H and O–H groups in total. The van der Waals surface area contributed by atoms with Crippen LogP contribution in [0, 0.1) is 13.8 Å². The van der Waals surface area contributed by atoms with Crippen molar-refractivity contribution in [3.05, 3.63) is 29.3 Å². The number of ether oxygens (including phenoxy) is 2. The van der Waals surface area contributed by atoms with Crippen LogP contribution in [-0.4, -0.2) is 25.0 Å². The number of anilines is 1. The van der Waals surface area contributed by atoms with Crippen LogP contribution in [-0.2, 0) is 9.47 Å². The van der Waals surface area contributed by atoms with Crippen LogP contribution in [0.1, 0.15) is 25.0 Å². The maximum Gasteiger partial charge on any atom is 0.162 e. The first-order valence-electron chi connectivity index (χ1n) is 6.08. The predicted molar refractivity (Wildman–Crippen MR) is 69.3 cm³/mol. The van der Waals surface area contributed by atoms with Gasteiger partial charge in [0.2, 0.25) is 0 Å². The van der Waals surface area contributed by atoms with E-state index in [9.17, 15) is 0 Å². The van der Waals surface area contributed by atoms with Gasteiger partial charge in [-0.25, -0.2) is 0 Å². The fraction of sp³-hybridized carbons (Fsp3) is 0.571. The fourth-order valence-corrected chi connectivity index (χ4v) is 1.89. The van der Waals surface area contributed by atoms with Gasteiger partial charge in [-0.1, -0.05) is 12.1 Å². The van der Waals surface area contributed by atoms with Gasteiger partial charge >= 0.3 is 0 Å². The minimum absolute atomic E-state index is 0.225. The highest BCUT2D eigenvalue weighted by atomic mass is 16.7. The summed E-state index contributed by atoms with van der Waals surface area (Å²) in [4.78, 5) is 0. The molecule has 0 amide bonds. The molecule has 0 unspecified atom stereocenters. The molecule has 1 fully saturated rings. The first-order valence-corrected chi connectivity index (χ1v) is 6.08. The lowest BCUT2D eigenvalue weighted by atomic mass is 10.1. The zero-order chi connectivity index (χ0) is 12.5. The van der Waals surface area contributed by atoms with Crippen LogP contribution >= 0.6 is 0 Å². The quantitative estimate of drug-likeness (QED) is 0.855. The molecule has 3 nitrogen and oxygen atoms in total. The van der Waals surface area contributed by atoms with E-state index >= 15 is 0 Å². The first-order chi connectivity index (χ1) is 7.96. The highest BCUT2D eigenvalue weighted by Crippen LogP contribution is 2.22. The van der Waals surface area contributed by atoms with Gasteiger partial charge in [-0.15, -0.1) is 0 Å². The van der Waals surface area contributed by atoms with E-state index in [0.29, 0.717) is 13.2 Å². The summed E-state index contributed by atoms with van der Waals surface area (Å²) in [5, 5.41) is 3.48. The third kappa shape index (κ3) is 3.20. The maximum absolute atomic E-state index is 5.64. The van der Waals surface area contributed by atoms with Crippen molar-refractivity contribution in [1.29, 1.82) is 0 Å². The van der Waals surface area contributed by atoms with Gasteiger partial charge in [0.25, 0.3) is 0 Å². The largest absolute Gasteiger partial charge is 0.377 e. The molecule has 1 aliphatic heterocycles. The van der Waals surface area contributed by atoms with E-state index in [1.165, 1.54) is 16.8 Å². The van der Waals surface area contributed by atoms with E-state index in [1.807, 2.05) is 13.8 Å². The number of hydrogen-bond donors (Lipinski definition) is 1. The van der Waals surface area contributed by atoms with Crippen molar-refractivity contribution in [3.63, 3.8) is 0 Å². The van der Waals surface area contributed by atoms with Gasteiger partial charge in [0, 0.05) is 5.69 Å². The molecule has 0 aliphatic carbocycles. The Kier molecular flexibility index (Phi) is 3.40. The minimum Gasteiger partial charge on any atom is -0.377 e. The Morgan fingerprint density at radius 2 is 1.82 bits per heavy atom. The second-order valence-corrected chi connectivity index (χ2v) is 5.18. The zero-order valence-corrected chi connectivity index (χ0v) is 11.0. The third-order valence-electron chi connectivity index (χ3n) is 3.02. The molecule has 2 rings (SSSR count). The summed E-state index contributed by atoms with van der Waals surface area (Å²) in [6.45, 7) is 9.46. The number of rotatable bonds is 2. The van der Waals surface area contributed by atoms with Gasteiger partial charge in [0.1, 0.15) is 0 Å². The first kappa shape index (κ1) is 12.4. The molecule has 17 heavy (non-hydrogen) atoms. The molecule has 1 saturated heterocycles. The van der Waals surface area contributed by atoms with E-state index in [2.05, 4.69) is 37.4 Å². The van der Waals surface area contributed by atoms with Gasteiger partial charge in [-0.2, -0.15) is 0 Å². The summed E-state index contributed by atoms with van der Waals surface area (Å²) in [5.41, 5.74) is 3.68. The molecule has 0 atom stereocenters. The van der Waals surface area contributed by atoms with E-state index < -0.39 is 5.79 Å². The van der Waals surface area contributed by atoms with Crippen molar-refractivity contribution in [3.8, 4) is 0 Å². The Morgan fingerprint density at radius 3 is 2.47 bits per heavy atom. The number of hydrogen-bond acceptors (Lipinski definition) is 3. The van der Waals surface area contributed by atoms with E-state index in [4.69, 9.17) is 9.47 Å². The predicted octanol–water partition coefficient (Wildman–Crippen LogP) is 2.87. The van der Waals surface area contributed by atoms with E-state index in [1.54, 1.807) is 0 Å². The maximum atomic E-state index is 5.64. The molecule has 3 heteroatoms. The highest BCUT2D eigenvalue weighted by Gasteiger charge is 2.28. The molecule has 0 saturated carbocycles. The lowest BCUT2D eigenvalue weighted by Crippen LogP contribution is -2.45. The standard InChI is InChI=1S/C14H21NO2/c1-10-5-6-11(2)13(7-10)15-12-8-16-14(3,4)17-9-12/h5-7,12,15H,8-9H2,1-4H3. The van der Waals surface area contributed by atoms with Crippen LogP contribution in [0.5, 0.6) is 0 Å². The smallest absolute Gasteiger partial charge is 0.162 e. The second-order valence-electron chi connectivity index (χ2n) is 5.18. The monoisotopic (exact) mass is 235 g/mol. The van der Waals surface area contributed by atoms with Crippen molar-refractivity contribution in [2.45, 2.75) is 39.5 Å². The summed E-state index contributed by atoms with van der Waals surface area (Å²) in [6.07, 6.45) is 0. The molecule has 0 aromatic heterocycles. The van der Waals surface area contributed by atoms with E-state index in [0.717, 1.165) is 0 Å². The Morgan fingerprint density at radius 1 is 1.18 bits per heavy atom. The van der Waals surface area contributed by atoms with Crippen LogP contribution in [0.2, 0.25) is 0 Å². The molecule has 1 aromatic rings. The Bertz CT molecular complexity index is 391. The molecule has 0 bridgehead atoms. The number of nitrogens with one attached hydrogen (secondary N) is 1. The summed E-state index contributed by atoms with van der Waals surface area (Å²) >= 11 is 0.